The molecule has 2 aromatic rings. The van der Waals surface area contributed by atoms with Gasteiger partial charge in [0.05, 0.1) is 4.92 Å². The summed E-state index contributed by atoms with van der Waals surface area (Å²) in [6.07, 6.45) is 0. The van der Waals surface area contributed by atoms with Crippen molar-refractivity contribution < 1.29 is 24.7 Å². The van der Waals surface area contributed by atoms with Gasteiger partial charge >= 0.3 is 11.9 Å². The first-order chi connectivity index (χ1) is 10.3. The number of nitro groups is 1. The van der Waals surface area contributed by atoms with Crippen LogP contribution in [-0.2, 0) is 0 Å². The van der Waals surface area contributed by atoms with Crippen molar-refractivity contribution in [2.75, 3.05) is 0 Å². The van der Waals surface area contributed by atoms with E-state index in [2.05, 4.69) is 4.98 Å². The maximum atomic E-state index is 11.2. The molecule has 1 aromatic carbocycles. The number of pyridine rings is 1. The Hall–Kier alpha value is -3.29. The number of hydrogen-bond donors (Lipinski definition) is 2. The highest BCUT2D eigenvalue weighted by atomic mass is 16.6. The van der Waals surface area contributed by atoms with Crippen LogP contribution in [0.3, 0.4) is 0 Å². The van der Waals surface area contributed by atoms with Gasteiger partial charge in [0.25, 0.3) is 5.69 Å². The smallest absolute Gasteiger partial charge is 0.354 e. The normalized spacial score (nSPS) is 10.2. The van der Waals surface area contributed by atoms with E-state index in [1.165, 1.54) is 37.3 Å². The lowest BCUT2D eigenvalue weighted by molar-refractivity contribution is -0.384. The van der Waals surface area contributed by atoms with E-state index in [1.807, 2.05) is 0 Å². The number of rotatable bonds is 4. The number of carboxylic acids is 2. The summed E-state index contributed by atoms with van der Waals surface area (Å²) in [5.74, 6) is -2.75. The van der Waals surface area contributed by atoms with E-state index >= 15 is 0 Å². The fourth-order valence-corrected chi connectivity index (χ4v) is 2.01. The van der Waals surface area contributed by atoms with Crippen molar-refractivity contribution in [3.63, 3.8) is 0 Å². The first kappa shape index (κ1) is 15.1. The Kier molecular flexibility index (Phi) is 3.85. The lowest BCUT2D eigenvalue weighted by Crippen LogP contribution is -2.10. The molecule has 0 bridgehead atoms. The first-order valence-electron chi connectivity index (χ1n) is 6.04. The molecule has 22 heavy (non-hydrogen) atoms. The van der Waals surface area contributed by atoms with Crippen LogP contribution < -0.4 is 0 Å². The molecule has 8 heteroatoms. The second-order valence-corrected chi connectivity index (χ2v) is 4.45. The maximum absolute atomic E-state index is 11.2. The molecule has 8 nitrogen and oxygen atoms in total. The third kappa shape index (κ3) is 2.75. The fraction of sp³-hybridized carbons (Fsp3) is 0.0714. The van der Waals surface area contributed by atoms with E-state index < -0.39 is 28.2 Å². The Morgan fingerprint density at radius 1 is 1.18 bits per heavy atom. The van der Waals surface area contributed by atoms with Gasteiger partial charge in [-0.05, 0) is 29.7 Å². The van der Waals surface area contributed by atoms with Gasteiger partial charge in [-0.1, -0.05) is 12.1 Å². The molecule has 0 amide bonds. The van der Waals surface area contributed by atoms with Crippen molar-refractivity contribution in [1.29, 1.82) is 0 Å². The summed E-state index contributed by atoms with van der Waals surface area (Å²) in [7, 11) is 0. The minimum absolute atomic E-state index is 0.178. The van der Waals surface area contributed by atoms with Crippen LogP contribution in [0.4, 0.5) is 5.69 Å². The fourth-order valence-electron chi connectivity index (χ4n) is 2.01. The topological polar surface area (TPSA) is 131 Å². The molecule has 0 aliphatic carbocycles. The average molecular weight is 302 g/mol. The molecule has 1 heterocycles. The van der Waals surface area contributed by atoms with Crippen molar-refractivity contribution in [3.8, 4) is 11.1 Å². The summed E-state index contributed by atoms with van der Waals surface area (Å²) < 4.78 is 0. The average Bonchev–Trinajstić information content (AvgIpc) is 2.46. The predicted octanol–water partition coefficient (Wildman–Crippen LogP) is 2.36. The number of non-ortho nitro benzene ring substituents is 1. The zero-order valence-electron chi connectivity index (χ0n) is 11.3. The van der Waals surface area contributed by atoms with E-state index in [0.717, 1.165) is 0 Å². The summed E-state index contributed by atoms with van der Waals surface area (Å²) in [6, 6.07) is 6.71. The molecule has 0 aliphatic rings. The van der Waals surface area contributed by atoms with Crippen LogP contribution >= 0.6 is 0 Å². The molecule has 0 aliphatic heterocycles. The molecule has 0 fully saturated rings. The van der Waals surface area contributed by atoms with E-state index in [1.54, 1.807) is 0 Å². The van der Waals surface area contributed by atoms with E-state index in [4.69, 9.17) is 10.2 Å². The Morgan fingerprint density at radius 3 is 2.41 bits per heavy atom. The summed E-state index contributed by atoms with van der Waals surface area (Å²) in [6.45, 7) is 1.47. The Morgan fingerprint density at radius 2 is 1.86 bits per heavy atom. The van der Waals surface area contributed by atoms with E-state index in [0.29, 0.717) is 5.56 Å². The molecule has 0 spiro atoms. The van der Waals surface area contributed by atoms with Gasteiger partial charge in [0, 0.05) is 12.1 Å². The van der Waals surface area contributed by atoms with Crippen LogP contribution in [0.2, 0.25) is 0 Å². The van der Waals surface area contributed by atoms with Crippen LogP contribution in [0.5, 0.6) is 0 Å². The summed E-state index contributed by atoms with van der Waals surface area (Å²) >= 11 is 0. The molecule has 2 N–H and O–H groups in total. The summed E-state index contributed by atoms with van der Waals surface area (Å²) in [5.41, 5.74) is -0.168. The predicted molar refractivity (Wildman–Crippen MR) is 75.0 cm³/mol. The number of hydrogen-bond acceptors (Lipinski definition) is 5. The molecule has 0 saturated carbocycles. The highest BCUT2D eigenvalue weighted by molar-refractivity contribution is 5.94. The molecular formula is C14H10N2O6. The maximum Gasteiger partial charge on any atom is 0.354 e. The number of carboxylic acid groups (broad SMARTS) is 2. The van der Waals surface area contributed by atoms with Crippen molar-refractivity contribution >= 4 is 17.6 Å². The van der Waals surface area contributed by atoms with Crippen LogP contribution in [0.15, 0.2) is 30.3 Å². The monoisotopic (exact) mass is 302 g/mol. The second-order valence-electron chi connectivity index (χ2n) is 4.45. The lowest BCUT2D eigenvalue weighted by atomic mass is 9.98. The van der Waals surface area contributed by atoms with Crippen LogP contribution in [0.25, 0.3) is 11.1 Å². The molecule has 0 unspecified atom stereocenters. The summed E-state index contributed by atoms with van der Waals surface area (Å²) in [4.78, 5) is 36.1. The van der Waals surface area contributed by atoms with Gasteiger partial charge in [-0.25, -0.2) is 14.6 Å². The third-order valence-electron chi connectivity index (χ3n) is 3.06. The van der Waals surface area contributed by atoms with Crippen molar-refractivity contribution in [2.45, 2.75) is 6.92 Å². The number of aromatic nitrogens is 1. The largest absolute Gasteiger partial charge is 0.477 e. The molecular weight excluding hydrogens is 292 g/mol. The van der Waals surface area contributed by atoms with Crippen molar-refractivity contribution in [3.05, 3.63) is 57.4 Å². The van der Waals surface area contributed by atoms with E-state index in [-0.39, 0.29) is 16.8 Å². The highest BCUT2D eigenvalue weighted by Crippen LogP contribution is 2.28. The summed E-state index contributed by atoms with van der Waals surface area (Å²) in [5, 5.41) is 29.0. The van der Waals surface area contributed by atoms with Gasteiger partial charge in [-0.2, -0.15) is 0 Å². The third-order valence-corrected chi connectivity index (χ3v) is 3.06. The Balaban J connectivity index is 2.73. The van der Waals surface area contributed by atoms with Crippen molar-refractivity contribution in [1.82, 2.24) is 4.98 Å². The van der Waals surface area contributed by atoms with Gasteiger partial charge in [0.1, 0.15) is 5.69 Å². The van der Waals surface area contributed by atoms with Gasteiger partial charge in [-0.3, -0.25) is 10.1 Å². The molecule has 0 saturated heterocycles. The minimum atomic E-state index is -1.38. The van der Waals surface area contributed by atoms with Gasteiger partial charge in [0.15, 0.2) is 5.69 Å². The quantitative estimate of drug-likeness (QED) is 0.654. The molecule has 1 aromatic heterocycles. The van der Waals surface area contributed by atoms with E-state index in [9.17, 15) is 19.7 Å². The molecule has 0 radical (unpaired) electrons. The number of nitro benzene ring substituents is 1. The van der Waals surface area contributed by atoms with Crippen LogP contribution in [0.1, 0.15) is 26.5 Å². The second kappa shape index (κ2) is 5.60. The van der Waals surface area contributed by atoms with Crippen LogP contribution in [-0.4, -0.2) is 32.1 Å². The number of aromatic carboxylic acids is 2. The van der Waals surface area contributed by atoms with Gasteiger partial charge in [0.2, 0.25) is 0 Å². The lowest BCUT2D eigenvalue weighted by Gasteiger charge is -2.10. The Labute approximate surface area is 123 Å². The number of carbonyl (C=O) groups is 2. The number of nitrogens with zero attached hydrogens (tertiary/aromatic N) is 2. The van der Waals surface area contributed by atoms with Crippen molar-refractivity contribution in [2.24, 2.45) is 0 Å². The molecule has 2 rings (SSSR count). The number of benzene rings is 1. The highest BCUT2D eigenvalue weighted by Gasteiger charge is 2.19. The standard InChI is InChI=1S/C14H10N2O6/c1-7-10(8-3-2-4-9(5-8)16(21)22)6-11(13(17)18)15-12(7)14(19)20/h2-6H,1H3,(H,17,18)(H,19,20). The minimum Gasteiger partial charge on any atom is -0.477 e. The van der Waals surface area contributed by atoms with Gasteiger partial charge in [-0.15, -0.1) is 0 Å². The van der Waals surface area contributed by atoms with Crippen LogP contribution in [0, 0.1) is 17.0 Å². The Bertz CT molecular complexity index is 800. The SMILES string of the molecule is Cc1c(-c2cccc([N+](=O)[O-])c2)cc(C(=O)O)nc1C(=O)O. The van der Waals surface area contributed by atoms with Gasteiger partial charge < -0.3 is 10.2 Å². The zero-order chi connectivity index (χ0) is 16.4. The zero-order valence-corrected chi connectivity index (χ0v) is 11.3. The molecule has 0 atom stereocenters. The first-order valence-corrected chi connectivity index (χ1v) is 6.04. The molecule has 112 valence electrons.